The maximum Gasteiger partial charge on any atom is 0.187 e. The zero-order valence-electron chi connectivity index (χ0n) is 17.0. The van der Waals surface area contributed by atoms with Crippen molar-refractivity contribution in [2.45, 2.75) is 55.1 Å². The maximum absolute atomic E-state index is 10.5. The number of likely N-dealkylation sites (tertiary alicyclic amines) is 1. The van der Waals surface area contributed by atoms with Gasteiger partial charge in [0.05, 0.1) is 25.4 Å². The molecule has 0 spiro atoms. The lowest BCUT2D eigenvalue weighted by Gasteiger charge is -2.47. The smallest absolute Gasteiger partial charge is 0.187 e. The number of nitrogens with zero attached hydrogens (tertiary/aromatic N) is 1. The lowest BCUT2D eigenvalue weighted by atomic mass is 9.93. The normalized spacial score (nSPS) is 39.8. The summed E-state index contributed by atoms with van der Waals surface area (Å²) in [6, 6.07) is 8.83. The summed E-state index contributed by atoms with van der Waals surface area (Å²) in [6.07, 6.45) is -7.51. The van der Waals surface area contributed by atoms with E-state index in [1.807, 2.05) is 42.5 Å². The van der Waals surface area contributed by atoms with Crippen LogP contribution < -0.4 is 0 Å². The zero-order chi connectivity index (χ0) is 22.5. The molecule has 31 heavy (non-hydrogen) atoms. The van der Waals surface area contributed by atoms with E-state index in [1.54, 1.807) is 4.90 Å². The first kappa shape index (κ1) is 24.2. The van der Waals surface area contributed by atoms with Crippen molar-refractivity contribution in [2.24, 2.45) is 0 Å². The van der Waals surface area contributed by atoms with Crippen LogP contribution in [0, 0.1) is 0 Å². The second kappa shape index (κ2) is 10.9. The first-order valence-electron chi connectivity index (χ1n) is 10.3. The third-order valence-corrected chi connectivity index (χ3v) is 5.78. The Morgan fingerprint density at radius 1 is 0.935 bits per heavy atom. The van der Waals surface area contributed by atoms with Gasteiger partial charge in [-0.1, -0.05) is 42.5 Å². The van der Waals surface area contributed by atoms with E-state index >= 15 is 0 Å². The number of ether oxygens (including phenoxy) is 2. The summed E-state index contributed by atoms with van der Waals surface area (Å²) in [4.78, 5) is 1.73. The third-order valence-electron chi connectivity index (χ3n) is 5.78. The van der Waals surface area contributed by atoms with Gasteiger partial charge < -0.3 is 45.2 Å². The monoisotopic (exact) mass is 441 g/mol. The molecule has 0 radical (unpaired) electrons. The summed E-state index contributed by atoms with van der Waals surface area (Å²) in [5.74, 6) is 0. The number of aliphatic hydroxyl groups excluding tert-OH is 7. The average Bonchev–Trinajstić information content (AvgIpc) is 2.78. The van der Waals surface area contributed by atoms with E-state index in [4.69, 9.17) is 9.47 Å². The van der Waals surface area contributed by atoms with Crippen molar-refractivity contribution in [2.75, 3.05) is 26.3 Å². The Labute approximate surface area is 180 Å². The van der Waals surface area contributed by atoms with Crippen LogP contribution in [-0.2, 0) is 9.47 Å². The molecule has 174 valence electrons. The van der Waals surface area contributed by atoms with Gasteiger partial charge in [0.1, 0.15) is 36.6 Å². The fourth-order valence-electron chi connectivity index (χ4n) is 3.96. The molecule has 0 saturated carbocycles. The average molecular weight is 441 g/mol. The molecule has 7 N–H and O–H groups in total. The van der Waals surface area contributed by atoms with Gasteiger partial charge in [-0.2, -0.15) is 0 Å². The van der Waals surface area contributed by atoms with Gasteiger partial charge in [-0.3, -0.25) is 4.90 Å². The summed E-state index contributed by atoms with van der Waals surface area (Å²) in [5, 5.41) is 70.2. The molecule has 0 aliphatic carbocycles. The van der Waals surface area contributed by atoms with Crippen molar-refractivity contribution < 1.29 is 45.2 Å². The van der Waals surface area contributed by atoms with Crippen LogP contribution in [0.2, 0.25) is 0 Å². The van der Waals surface area contributed by atoms with E-state index < -0.39 is 68.3 Å². The Morgan fingerprint density at radius 3 is 2.29 bits per heavy atom. The molecule has 0 bridgehead atoms. The molecule has 0 amide bonds. The topological polar surface area (TPSA) is 163 Å². The molecule has 2 saturated heterocycles. The van der Waals surface area contributed by atoms with Gasteiger partial charge in [0.2, 0.25) is 0 Å². The molecule has 9 atom stereocenters. The largest absolute Gasteiger partial charge is 0.395 e. The van der Waals surface area contributed by atoms with Crippen LogP contribution in [-0.4, -0.2) is 122 Å². The van der Waals surface area contributed by atoms with Crippen LogP contribution in [0.4, 0.5) is 0 Å². The Morgan fingerprint density at radius 2 is 1.65 bits per heavy atom. The molecular weight excluding hydrogens is 410 g/mol. The molecule has 10 nitrogen and oxygen atoms in total. The minimum absolute atomic E-state index is 0.0834. The lowest BCUT2D eigenvalue weighted by Crippen LogP contribution is -2.66. The van der Waals surface area contributed by atoms with Gasteiger partial charge in [-0.05, 0) is 5.56 Å². The van der Waals surface area contributed by atoms with Crippen LogP contribution in [0.15, 0.2) is 36.4 Å². The van der Waals surface area contributed by atoms with Crippen LogP contribution in [0.3, 0.4) is 0 Å². The van der Waals surface area contributed by atoms with Gasteiger partial charge in [-0.25, -0.2) is 0 Å². The van der Waals surface area contributed by atoms with Crippen molar-refractivity contribution in [3.63, 3.8) is 0 Å². The molecular formula is C21H31NO9. The fraction of sp³-hybridized carbons (Fsp3) is 0.619. The van der Waals surface area contributed by atoms with Crippen LogP contribution >= 0.6 is 0 Å². The Kier molecular flexibility index (Phi) is 8.53. The quantitative estimate of drug-likeness (QED) is 0.237. The molecule has 2 heterocycles. The zero-order valence-corrected chi connectivity index (χ0v) is 17.0. The number of aliphatic hydroxyl groups is 7. The van der Waals surface area contributed by atoms with E-state index in [0.717, 1.165) is 5.56 Å². The van der Waals surface area contributed by atoms with Crippen molar-refractivity contribution >= 4 is 6.08 Å². The Hall–Kier alpha value is -1.44. The van der Waals surface area contributed by atoms with E-state index in [1.165, 1.54) is 0 Å². The summed E-state index contributed by atoms with van der Waals surface area (Å²) >= 11 is 0. The number of β-amino-alcohol motifs (C(OH)–C–C–N with tert-alkyl or cyclic N) is 1. The number of hydrogen-bond donors (Lipinski definition) is 7. The summed E-state index contributed by atoms with van der Waals surface area (Å²) < 4.78 is 11.0. The summed E-state index contributed by atoms with van der Waals surface area (Å²) in [5.41, 5.74) is 0.981. The molecule has 0 unspecified atom stereocenters. The molecule has 0 aromatic heterocycles. The fourth-order valence-corrected chi connectivity index (χ4v) is 3.96. The van der Waals surface area contributed by atoms with Crippen LogP contribution in [0.25, 0.3) is 6.08 Å². The van der Waals surface area contributed by atoms with Crippen LogP contribution in [0.1, 0.15) is 5.56 Å². The van der Waals surface area contributed by atoms with Gasteiger partial charge in [0, 0.05) is 13.1 Å². The van der Waals surface area contributed by atoms with Crippen molar-refractivity contribution in [3.05, 3.63) is 42.0 Å². The summed E-state index contributed by atoms with van der Waals surface area (Å²) in [6.45, 7) is -0.607. The molecule has 3 rings (SSSR count). The number of rotatable bonds is 7. The lowest BCUT2D eigenvalue weighted by molar-refractivity contribution is -0.328. The maximum atomic E-state index is 10.5. The van der Waals surface area contributed by atoms with Crippen molar-refractivity contribution in [1.82, 2.24) is 4.90 Å². The second-order valence-corrected chi connectivity index (χ2v) is 7.87. The standard InChI is InChI=1S/C21H31NO9/c23-10-13-20(31-21-19(29)18(28)17(27)15(11-24)30-21)16(26)14(25)9-22(13)8-4-7-12-5-2-1-3-6-12/h1-7,13-21,23-29H,8-11H2/b7-4+/t13-,14+,15-,16-,17-,18+,19-,20-,21-/m1/s1. The number of piperidine rings is 1. The second-order valence-electron chi connectivity index (χ2n) is 7.87. The van der Waals surface area contributed by atoms with Gasteiger partial charge in [-0.15, -0.1) is 0 Å². The highest BCUT2D eigenvalue weighted by Gasteiger charge is 2.49. The molecule has 10 heteroatoms. The Bertz CT molecular complexity index is 703. The predicted octanol–water partition coefficient (Wildman–Crippen LogP) is -2.72. The van der Waals surface area contributed by atoms with E-state index in [2.05, 4.69) is 0 Å². The number of hydrogen-bond acceptors (Lipinski definition) is 10. The van der Waals surface area contributed by atoms with Crippen LogP contribution in [0.5, 0.6) is 0 Å². The minimum atomic E-state index is -1.66. The first-order valence-corrected chi connectivity index (χ1v) is 10.3. The highest BCUT2D eigenvalue weighted by molar-refractivity contribution is 5.48. The SMILES string of the molecule is OC[C@@H]1[C@@H](O[C@H]2O[C@H](CO)[C@@H](O)[C@H](O)[C@H]2O)[C@H](O)[C@@H](O)CN1C/C=C/c1ccccc1. The van der Waals surface area contributed by atoms with Crippen molar-refractivity contribution in [3.8, 4) is 0 Å². The molecule has 1 aromatic carbocycles. The number of benzene rings is 1. The highest BCUT2D eigenvalue weighted by Crippen LogP contribution is 2.28. The van der Waals surface area contributed by atoms with E-state index in [0.29, 0.717) is 6.54 Å². The van der Waals surface area contributed by atoms with E-state index in [-0.39, 0.29) is 6.54 Å². The molecule has 1 aromatic rings. The molecule has 2 aliphatic heterocycles. The molecule has 2 aliphatic rings. The predicted molar refractivity (Wildman–Crippen MR) is 109 cm³/mol. The molecule has 2 fully saturated rings. The van der Waals surface area contributed by atoms with Gasteiger partial charge >= 0.3 is 0 Å². The highest BCUT2D eigenvalue weighted by atomic mass is 16.7. The Balaban J connectivity index is 1.72. The van der Waals surface area contributed by atoms with E-state index in [9.17, 15) is 35.7 Å². The third kappa shape index (κ3) is 5.49. The first-order chi connectivity index (χ1) is 14.9. The minimum Gasteiger partial charge on any atom is -0.395 e. The van der Waals surface area contributed by atoms with Gasteiger partial charge in [0.25, 0.3) is 0 Å². The van der Waals surface area contributed by atoms with Gasteiger partial charge in [0.15, 0.2) is 6.29 Å². The van der Waals surface area contributed by atoms with Crippen molar-refractivity contribution in [1.29, 1.82) is 0 Å². The summed E-state index contributed by atoms with van der Waals surface area (Å²) in [7, 11) is 0.